The van der Waals surface area contributed by atoms with Crippen LogP contribution in [0.5, 0.6) is 0 Å². The van der Waals surface area contributed by atoms with Crippen LogP contribution in [-0.2, 0) is 0 Å². The molecule has 1 aliphatic rings. The molecular weight excluding hydrogens is 190 g/mol. The second-order valence-corrected chi connectivity index (χ2v) is 3.72. The van der Waals surface area contributed by atoms with Gasteiger partial charge in [-0.2, -0.15) is 5.26 Å². The Morgan fingerprint density at radius 2 is 2.33 bits per heavy atom. The summed E-state index contributed by atoms with van der Waals surface area (Å²) in [6, 6.07) is 4.39. The summed E-state index contributed by atoms with van der Waals surface area (Å²) in [5.41, 5.74) is 1.11. The molecule has 0 radical (unpaired) electrons. The van der Waals surface area contributed by atoms with E-state index in [0.717, 1.165) is 31.7 Å². The van der Waals surface area contributed by atoms with Gasteiger partial charge in [0.2, 0.25) is 0 Å². The molecular formula is C11H15N3O. The van der Waals surface area contributed by atoms with Gasteiger partial charge in [-0.25, -0.2) is 0 Å². The van der Waals surface area contributed by atoms with E-state index in [2.05, 4.69) is 16.3 Å². The van der Waals surface area contributed by atoms with Crippen molar-refractivity contribution < 1.29 is 4.42 Å². The summed E-state index contributed by atoms with van der Waals surface area (Å²) in [6.07, 6.45) is 3.94. The Bertz CT molecular complexity index is 322. The first-order valence-electron chi connectivity index (χ1n) is 5.25. The van der Waals surface area contributed by atoms with Gasteiger partial charge in [-0.1, -0.05) is 0 Å². The fourth-order valence-electron chi connectivity index (χ4n) is 2.00. The fourth-order valence-corrected chi connectivity index (χ4v) is 2.00. The molecule has 0 unspecified atom stereocenters. The quantitative estimate of drug-likeness (QED) is 0.804. The van der Waals surface area contributed by atoms with Crippen LogP contribution in [0, 0.1) is 11.3 Å². The lowest BCUT2D eigenvalue weighted by Gasteiger charge is -2.33. The maximum atomic E-state index is 8.84. The second kappa shape index (κ2) is 4.96. The second-order valence-electron chi connectivity index (χ2n) is 3.72. The minimum Gasteiger partial charge on any atom is -0.472 e. The molecule has 0 spiro atoms. The normalized spacial score (nSPS) is 19.7. The molecule has 2 heterocycles. The Labute approximate surface area is 89.5 Å². The van der Waals surface area contributed by atoms with Crippen molar-refractivity contribution in [2.75, 3.05) is 26.2 Å². The zero-order chi connectivity index (χ0) is 10.5. The summed E-state index contributed by atoms with van der Waals surface area (Å²) in [6.45, 7) is 3.99. The van der Waals surface area contributed by atoms with Crippen LogP contribution in [0.1, 0.15) is 18.0 Å². The lowest BCUT2D eigenvalue weighted by atomic mass is 10.1. The predicted molar refractivity (Wildman–Crippen MR) is 56.1 cm³/mol. The lowest BCUT2D eigenvalue weighted by Crippen LogP contribution is -2.45. The Balaban J connectivity index is 2.08. The third-order valence-electron chi connectivity index (χ3n) is 2.80. The number of hydrogen-bond acceptors (Lipinski definition) is 4. The molecule has 1 aliphatic heterocycles. The van der Waals surface area contributed by atoms with Crippen molar-refractivity contribution in [3.05, 3.63) is 24.2 Å². The van der Waals surface area contributed by atoms with Crippen molar-refractivity contribution in [2.24, 2.45) is 0 Å². The highest BCUT2D eigenvalue weighted by atomic mass is 16.3. The first-order chi connectivity index (χ1) is 7.42. The number of nitrogens with one attached hydrogen (secondary N) is 1. The van der Waals surface area contributed by atoms with Gasteiger partial charge in [0.05, 0.1) is 31.1 Å². The molecule has 0 bridgehead atoms. The van der Waals surface area contributed by atoms with Crippen LogP contribution in [0.25, 0.3) is 0 Å². The number of nitrogens with zero attached hydrogens (tertiary/aromatic N) is 2. The van der Waals surface area contributed by atoms with Crippen molar-refractivity contribution in [3.63, 3.8) is 0 Å². The van der Waals surface area contributed by atoms with Crippen LogP contribution in [0.4, 0.5) is 0 Å². The van der Waals surface area contributed by atoms with E-state index in [9.17, 15) is 0 Å². The average Bonchev–Trinajstić information content (AvgIpc) is 2.80. The van der Waals surface area contributed by atoms with Gasteiger partial charge < -0.3 is 9.73 Å². The molecule has 4 nitrogen and oxygen atoms in total. The summed E-state index contributed by atoms with van der Waals surface area (Å²) in [4.78, 5) is 2.34. The number of furan rings is 1. The van der Waals surface area contributed by atoms with Crippen molar-refractivity contribution >= 4 is 0 Å². The van der Waals surface area contributed by atoms with Gasteiger partial charge in [-0.15, -0.1) is 0 Å². The van der Waals surface area contributed by atoms with E-state index >= 15 is 0 Å². The van der Waals surface area contributed by atoms with Crippen LogP contribution < -0.4 is 5.32 Å². The molecule has 15 heavy (non-hydrogen) atoms. The van der Waals surface area contributed by atoms with Gasteiger partial charge in [0, 0.05) is 31.7 Å². The summed E-state index contributed by atoms with van der Waals surface area (Å²) in [5, 5.41) is 12.2. The average molecular weight is 205 g/mol. The van der Waals surface area contributed by atoms with Crippen molar-refractivity contribution in [2.45, 2.75) is 12.5 Å². The highest BCUT2D eigenvalue weighted by Crippen LogP contribution is 2.24. The standard InChI is InChI=1S/C11H15N3O/c12-3-1-11(10-2-8-15-9-10)14-6-4-13-5-7-14/h2,8-9,11,13H,1,4-7H2/t11-/m0/s1. The SMILES string of the molecule is N#CC[C@@H](c1ccoc1)N1CCNCC1. The minimum atomic E-state index is 0.191. The molecule has 0 amide bonds. The van der Waals surface area contributed by atoms with Crippen molar-refractivity contribution in [1.29, 1.82) is 5.26 Å². The van der Waals surface area contributed by atoms with Crippen LogP contribution in [-0.4, -0.2) is 31.1 Å². The van der Waals surface area contributed by atoms with E-state index in [1.165, 1.54) is 0 Å². The van der Waals surface area contributed by atoms with Crippen LogP contribution in [0.3, 0.4) is 0 Å². The van der Waals surface area contributed by atoms with Crippen molar-refractivity contribution in [3.8, 4) is 6.07 Å². The predicted octanol–water partition coefficient (Wildman–Crippen LogP) is 1.14. The molecule has 2 rings (SSSR count). The van der Waals surface area contributed by atoms with E-state index in [0.29, 0.717) is 6.42 Å². The Morgan fingerprint density at radius 3 is 2.93 bits per heavy atom. The molecule has 0 aliphatic carbocycles. The third kappa shape index (κ3) is 2.38. The van der Waals surface area contributed by atoms with E-state index in [1.54, 1.807) is 12.5 Å². The summed E-state index contributed by atoms with van der Waals surface area (Å²) >= 11 is 0. The maximum absolute atomic E-state index is 8.84. The summed E-state index contributed by atoms with van der Waals surface area (Å²) < 4.78 is 5.08. The summed E-state index contributed by atoms with van der Waals surface area (Å²) in [5.74, 6) is 0. The number of hydrogen-bond donors (Lipinski definition) is 1. The fraction of sp³-hybridized carbons (Fsp3) is 0.545. The van der Waals surface area contributed by atoms with E-state index < -0.39 is 0 Å². The first kappa shape index (κ1) is 10.2. The number of nitriles is 1. The Kier molecular flexibility index (Phi) is 3.38. The van der Waals surface area contributed by atoms with Gasteiger partial charge in [0.25, 0.3) is 0 Å². The number of piperazine rings is 1. The van der Waals surface area contributed by atoms with Gasteiger partial charge in [0.15, 0.2) is 0 Å². The lowest BCUT2D eigenvalue weighted by molar-refractivity contribution is 0.175. The minimum absolute atomic E-state index is 0.191. The number of rotatable bonds is 3. The molecule has 1 fully saturated rings. The summed E-state index contributed by atoms with van der Waals surface area (Å²) in [7, 11) is 0. The van der Waals surface area contributed by atoms with Gasteiger partial charge in [0.1, 0.15) is 0 Å². The highest BCUT2D eigenvalue weighted by Gasteiger charge is 2.22. The first-order valence-corrected chi connectivity index (χ1v) is 5.25. The Morgan fingerprint density at radius 1 is 1.53 bits per heavy atom. The third-order valence-corrected chi connectivity index (χ3v) is 2.80. The van der Waals surface area contributed by atoms with Gasteiger partial charge in [-0.3, -0.25) is 4.90 Å². The maximum Gasteiger partial charge on any atom is 0.0950 e. The molecule has 0 aromatic carbocycles. The highest BCUT2D eigenvalue weighted by molar-refractivity contribution is 5.13. The molecule has 1 saturated heterocycles. The van der Waals surface area contributed by atoms with E-state index in [4.69, 9.17) is 9.68 Å². The van der Waals surface area contributed by atoms with Crippen molar-refractivity contribution in [1.82, 2.24) is 10.2 Å². The zero-order valence-electron chi connectivity index (χ0n) is 8.65. The van der Waals surface area contributed by atoms with Gasteiger partial charge in [-0.05, 0) is 6.07 Å². The van der Waals surface area contributed by atoms with E-state index in [1.807, 2.05) is 6.07 Å². The Hall–Kier alpha value is -1.31. The van der Waals surface area contributed by atoms with Crippen LogP contribution >= 0.6 is 0 Å². The molecule has 1 N–H and O–H groups in total. The molecule has 4 heteroatoms. The largest absolute Gasteiger partial charge is 0.472 e. The molecule has 1 atom stereocenters. The van der Waals surface area contributed by atoms with Crippen LogP contribution in [0.2, 0.25) is 0 Å². The molecule has 1 aromatic heterocycles. The molecule has 0 saturated carbocycles. The molecule has 1 aromatic rings. The topological polar surface area (TPSA) is 52.2 Å². The smallest absolute Gasteiger partial charge is 0.0950 e. The van der Waals surface area contributed by atoms with E-state index in [-0.39, 0.29) is 6.04 Å². The van der Waals surface area contributed by atoms with Crippen LogP contribution in [0.15, 0.2) is 23.0 Å². The zero-order valence-corrected chi connectivity index (χ0v) is 8.65. The van der Waals surface area contributed by atoms with Gasteiger partial charge >= 0.3 is 0 Å². The molecule has 80 valence electrons. The monoisotopic (exact) mass is 205 g/mol.